The minimum absolute atomic E-state index is 0.0953. The van der Waals surface area contributed by atoms with Gasteiger partial charge in [-0.2, -0.15) is 8.61 Å². The van der Waals surface area contributed by atoms with Crippen molar-refractivity contribution in [2.24, 2.45) is 29.1 Å². The highest BCUT2D eigenvalue weighted by Crippen LogP contribution is 2.34. The molecule has 8 saturated heterocycles. The second-order valence-corrected chi connectivity index (χ2v) is 39.1. The summed E-state index contributed by atoms with van der Waals surface area (Å²) in [7, 11) is -12.9. The van der Waals surface area contributed by atoms with E-state index in [0.29, 0.717) is 111 Å². The number of rotatable bonds is 17. The second kappa shape index (κ2) is 34.2. The predicted molar refractivity (Wildman–Crippen MR) is 403 cm³/mol. The maximum absolute atomic E-state index is 12.8. The number of para-hydroxylation sites is 4. The van der Waals surface area contributed by atoms with Gasteiger partial charge in [0.15, 0.2) is 0 Å². The number of anilines is 4. The Morgan fingerprint density at radius 3 is 0.902 bits per heavy atom. The van der Waals surface area contributed by atoms with Crippen LogP contribution in [0.4, 0.5) is 22.7 Å². The fourth-order valence-corrected chi connectivity index (χ4v) is 21.8. The van der Waals surface area contributed by atoms with E-state index in [4.69, 9.17) is 0 Å². The van der Waals surface area contributed by atoms with Gasteiger partial charge in [0.2, 0.25) is 63.7 Å². The van der Waals surface area contributed by atoms with Crippen LogP contribution in [0.25, 0.3) is 0 Å². The molecule has 28 heteroatoms. The number of hydrogen-bond acceptors (Lipinski definition) is 16. The molecule has 1 aliphatic carbocycles. The Balaban J connectivity index is 0.000000147. The van der Waals surface area contributed by atoms with Gasteiger partial charge in [0.05, 0.1) is 45.2 Å². The minimum atomic E-state index is -3.27. The first-order valence-electron chi connectivity index (χ1n) is 36.8. The molecule has 1 atom stereocenters. The molecular formula is C74H110N12O12S4. The van der Waals surface area contributed by atoms with Gasteiger partial charge in [-0.1, -0.05) is 120 Å². The van der Waals surface area contributed by atoms with E-state index < -0.39 is 45.3 Å². The molecule has 4 aromatic rings. The van der Waals surface area contributed by atoms with Crippen molar-refractivity contribution in [3.63, 3.8) is 0 Å². The molecule has 13 rings (SSSR count). The standard InChI is InChI=1S/C20H29N3O3S.C19H29N3O3S.C18H27N3O3S.C17H25N3O3S/c24-20(22-13-11-21(12-14-22)18-7-3-1-4-8-18)17-15-23(16-17)27(25,26)19-9-5-2-6-10-19;1-19(2,3)15-26(24,25)22-13-16(14-22)18(23)21-11-9-20(10-12-21)17-7-5-4-6-8-17;1-3-15(2)25(23,24)21-13-16(14-21)18(22)20-11-9-19(10-12-20)17-7-5-4-6-8-17;1-14(2)24(22,23)20-12-15(13-20)17(21)19-10-8-18(9-11-19)16-6-4-3-5-7-16/h1,3-4,7-8,17,19H,2,5-6,9-16H2;4-8,16H,9-15H2,1-3H3;4-8,15-16H,3,9-14H2,1-2H3;3-7,14-15H,8-13H2,1-2H3. The summed E-state index contributed by atoms with van der Waals surface area (Å²) in [5, 5.41) is -1.03. The summed E-state index contributed by atoms with van der Waals surface area (Å²) in [5.74, 6) is -0.168. The van der Waals surface area contributed by atoms with Gasteiger partial charge in [0, 0.05) is 180 Å². The number of nitrogens with zero attached hydrogens (tertiary/aromatic N) is 12. The lowest BCUT2D eigenvalue weighted by molar-refractivity contribution is -0.140. The van der Waals surface area contributed by atoms with E-state index in [2.05, 4.69) is 68.1 Å². The van der Waals surface area contributed by atoms with Crippen molar-refractivity contribution >= 4 is 86.5 Å². The topological polar surface area (TPSA) is 244 Å². The Bertz CT molecular complexity index is 3860. The van der Waals surface area contributed by atoms with Gasteiger partial charge in [0.1, 0.15) is 0 Å². The first kappa shape index (κ1) is 78.2. The van der Waals surface area contributed by atoms with Gasteiger partial charge in [-0.15, -0.1) is 0 Å². The highest BCUT2D eigenvalue weighted by Gasteiger charge is 2.48. The average molecular weight is 1490 g/mol. The van der Waals surface area contributed by atoms with Crippen LogP contribution in [0.2, 0.25) is 0 Å². The van der Waals surface area contributed by atoms with E-state index in [1.807, 2.05) is 120 Å². The van der Waals surface area contributed by atoms with E-state index in [0.717, 1.165) is 84.5 Å². The normalized spacial score (nSPS) is 21.2. The first-order valence-corrected chi connectivity index (χ1v) is 43.0. The van der Waals surface area contributed by atoms with Gasteiger partial charge < -0.3 is 39.2 Å². The van der Waals surface area contributed by atoms with Crippen LogP contribution in [-0.4, -0.2) is 273 Å². The molecule has 1 saturated carbocycles. The van der Waals surface area contributed by atoms with Crippen molar-refractivity contribution < 1.29 is 52.8 Å². The van der Waals surface area contributed by atoms with Crippen LogP contribution in [0.3, 0.4) is 0 Å². The zero-order valence-electron chi connectivity index (χ0n) is 60.9. The van der Waals surface area contributed by atoms with Crippen LogP contribution in [0.5, 0.6) is 0 Å². The lowest BCUT2D eigenvalue weighted by Crippen LogP contribution is -2.60. The van der Waals surface area contributed by atoms with E-state index in [-0.39, 0.29) is 69.0 Å². The van der Waals surface area contributed by atoms with Crippen LogP contribution >= 0.6 is 0 Å². The molecule has 4 aromatic carbocycles. The smallest absolute Gasteiger partial charge is 0.228 e. The molecule has 562 valence electrons. The quantitative estimate of drug-likeness (QED) is 0.118. The third kappa shape index (κ3) is 19.4. The lowest BCUT2D eigenvalue weighted by Gasteiger charge is -2.43. The number of sulfonamides is 4. The maximum atomic E-state index is 12.8. The molecule has 24 nitrogen and oxygen atoms in total. The number of amides is 4. The monoisotopic (exact) mass is 1490 g/mol. The summed E-state index contributed by atoms with van der Waals surface area (Å²) in [4.78, 5) is 67.3. The minimum Gasteiger partial charge on any atom is -0.368 e. The average Bonchev–Trinajstić information content (AvgIpc) is 0.872. The van der Waals surface area contributed by atoms with Gasteiger partial charge in [-0.3, -0.25) is 19.2 Å². The number of carbonyl (C=O) groups is 4. The molecule has 8 heterocycles. The Morgan fingerprint density at radius 2 is 0.637 bits per heavy atom. The van der Waals surface area contributed by atoms with Crippen molar-refractivity contribution in [3.8, 4) is 0 Å². The zero-order valence-corrected chi connectivity index (χ0v) is 64.2. The van der Waals surface area contributed by atoms with Gasteiger partial charge >= 0.3 is 0 Å². The lowest BCUT2D eigenvalue weighted by atomic mass is 10.0. The highest BCUT2D eigenvalue weighted by molar-refractivity contribution is 7.90. The molecule has 102 heavy (non-hydrogen) atoms. The number of carbonyl (C=O) groups excluding carboxylic acids is 4. The summed E-state index contributed by atoms with van der Waals surface area (Å²) in [6.07, 6.45) is 5.30. The molecule has 0 N–H and O–H groups in total. The Labute approximate surface area is 608 Å². The Kier molecular flexibility index (Phi) is 26.2. The molecule has 0 radical (unpaired) electrons. The molecule has 0 aromatic heterocycles. The molecular weight excluding hydrogens is 1380 g/mol. The largest absolute Gasteiger partial charge is 0.368 e. The van der Waals surface area contributed by atoms with Crippen molar-refractivity contribution in [1.29, 1.82) is 0 Å². The van der Waals surface area contributed by atoms with Gasteiger partial charge in [-0.25, -0.2) is 42.3 Å². The van der Waals surface area contributed by atoms with E-state index in [1.165, 1.54) is 35.7 Å². The van der Waals surface area contributed by atoms with E-state index >= 15 is 0 Å². The first-order chi connectivity index (χ1) is 48.5. The van der Waals surface area contributed by atoms with Crippen LogP contribution in [0, 0.1) is 29.1 Å². The zero-order chi connectivity index (χ0) is 73.2. The van der Waals surface area contributed by atoms with Crippen molar-refractivity contribution in [1.82, 2.24) is 36.8 Å². The Hall–Kier alpha value is -6.40. The summed E-state index contributed by atoms with van der Waals surface area (Å²) in [5.41, 5.74) is 4.47. The van der Waals surface area contributed by atoms with Gasteiger partial charge in [-0.05, 0) is 94.0 Å². The van der Waals surface area contributed by atoms with Gasteiger partial charge in [0.25, 0.3) is 0 Å². The molecule has 8 aliphatic heterocycles. The summed E-state index contributed by atoms with van der Waals surface area (Å²) >= 11 is 0. The van der Waals surface area contributed by atoms with Crippen LogP contribution in [-0.2, 0) is 59.3 Å². The maximum Gasteiger partial charge on any atom is 0.228 e. The van der Waals surface area contributed by atoms with Crippen molar-refractivity contribution in [3.05, 3.63) is 121 Å². The number of piperazine rings is 4. The second-order valence-electron chi connectivity index (χ2n) is 30.1. The molecule has 1 unspecified atom stereocenters. The van der Waals surface area contributed by atoms with Crippen LogP contribution in [0.15, 0.2) is 121 Å². The highest BCUT2D eigenvalue weighted by atomic mass is 32.2. The SMILES string of the molecule is CC(C)(C)CS(=O)(=O)N1CC(C(=O)N2CCN(c3ccccc3)CC2)C1.CC(C)S(=O)(=O)N1CC(C(=O)N2CCN(c3ccccc3)CC2)C1.CCC(C)S(=O)(=O)N1CC(C(=O)N2CCN(c3ccccc3)CC2)C1.O=C(C1CN(S(=O)(=O)C2CCCCC2)C1)N1CCN(c2ccccc2)CC1. The van der Waals surface area contributed by atoms with Crippen LogP contribution < -0.4 is 19.6 Å². The van der Waals surface area contributed by atoms with E-state index in [9.17, 15) is 52.8 Å². The molecule has 0 bridgehead atoms. The molecule has 9 aliphatic rings. The fourth-order valence-electron chi connectivity index (χ4n) is 14.5. The fraction of sp³-hybridized carbons (Fsp3) is 0.622. The molecule has 4 amide bonds. The summed E-state index contributed by atoms with van der Waals surface area (Å²) in [6.45, 7) is 27.6. The van der Waals surface area contributed by atoms with Crippen molar-refractivity contribution in [2.45, 2.75) is 103 Å². The molecule has 9 fully saturated rings. The van der Waals surface area contributed by atoms with Crippen molar-refractivity contribution in [2.75, 3.05) is 182 Å². The summed E-state index contributed by atoms with van der Waals surface area (Å²) < 4.78 is 105. The molecule has 0 spiro atoms. The van der Waals surface area contributed by atoms with E-state index in [1.54, 1.807) is 25.1 Å². The third-order valence-electron chi connectivity index (χ3n) is 21.4. The predicted octanol–water partition coefficient (Wildman–Crippen LogP) is 5.97. The summed E-state index contributed by atoms with van der Waals surface area (Å²) in [6, 6.07) is 40.9. The number of benzene rings is 4. The Morgan fingerprint density at radius 1 is 0.373 bits per heavy atom. The number of hydrogen-bond donors (Lipinski definition) is 0. The van der Waals surface area contributed by atoms with Crippen LogP contribution in [0.1, 0.15) is 87.0 Å². The third-order valence-corrected chi connectivity index (χ3v) is 30.6.